The largest absolute Gasteiger partial charge is 0.493 e. The molecule has 0 aliphatic heterocycles. The highest BCUT2D eigenvalue weighted by Crippen LogP contribution is 2.45. The topological polar surface area (TPSA) is 221 Å². The van der Waals surface area contributed by atoms with Gasteiger partial charge in [0.05, 0.1) is 6.61 Å². The van der Waals surface area contributed by atoms with Gasteiger partial charge in [0.25, 0.3) is 5.91 Å². The molecule has 5 rings (SSSR count). The Kier molecular flexibility index (Phi) is 31.1. The molecule has 0 saturated heterocycles. The van der Waals surface area contributed by atoms with Gasteiger partial charge in [0, 0.05) is 31.3 Å². The summed E-state index contributed by atoms with van der Waals surface area (Å²) in [4.78, 5) is 72.8. The lowest BCUT2D eigenvalue weighted by Gasteiger charge is -2.26. The lowest BCUT2D eigenvalue weighted by atomic mass is 9.92. The van der Waals surface area contributed by atoms with Crippen molar-refractivity contribution in [1.29, 1.82) is 0 Å². The van der Waals surface area contributed by atoms with E-state index in [0.29, 0.717) is 49.8 Å². The Balaban J connectivity index is 0.00000760. The first-order valence-electron chi connectivity index (χ1n) is 25.8. The number of carbonyl (C=O) groups is 5. The molecule has 0 heterocycles. The third-order valence-corrected chi connectivity index (χ3v) is 12.0. The normalized spacial score (nSPS) is 12.3. The second kappa shape index (κ2) is 35.0. The highest BCUT2D eigenvalue weighted by atomic mass is 32.1. The van der Waals surface area contributed by atoms with Crippen molar-refractivity contribution >= 4 is 84.3 Å². The Hall–Kier alpha value is -6.66. The summed E-state index contributed by atoms with van der Waals surface area (Å²) in [5.41, 5.74) is 7.58. The first-order chi connectivity index (χ1) is 35.4. The van der Waals surface area contributed by atoms with Gasteiger partial charge in [-0.1, -0.05) is 134 Å². The van der Waals surface area contributed by atoms with E-state index in [4.69, 9.17) is 24.7 Å². The van der Waals surface area contributed by atoms with E-state index in [2.05, 4.69) is 45.4 Å². The molecule has 0 radical (unpaired) electrons. The van der Waals surface area contributed by atoms with Crippen molar-refractivity contribution in [2.75, 3.05) is 33.4 Å². The number of unbranched alkanes of at least 4 members (excludes halogenated alkanes) is 1. The first-order valence-corrected chi connectivity index (χ1v) is 25.8. The van der Waals surface area contributed by atoms with E-state index in [9.17, 15) is 24.0 Å². The maximum atomic E-state index is 14.5. The van der Waals surface area contributed by atoms with E-state index in [1.165, 1.54) is 0 Å². The smallest absolute Gasteiger partial charge is 0.407 e. The monoisotopic (exact) mass is 1120 g/mol. The highest BCUT2D eigenvalue weighted by molar-refractivity contribution is 7.59. The van der Waals surface area contributed by atoms with Crippen LogP contribution in [-0.4, -0.2) is 92.8 Å². The number of carbonyl (C=O) groups excluding carboxylic acids is 5. The molecule has 0 aromatic heterocycles. The predicted octanol–water partition coefficient (Wildman–Crippen LogP) is 10.2. The summed E-state index contributed by atoms with van der Waals surface area (Å²) in [7, 11) is 1.55. The van der Waals surface area contributed by atoms with Gasteiger partial charge in [-0.05, 0) is 117 Å². The van der Waals surface area contributed by atoms with Crippen LogP contribution in [0.1, 0.15) is 114 Å². The van der Waals surface area contributed by atoms with Crippen LogP contribution in [0, 0.1) is 11.8 Å². The number of ether oxygens (including phenoxy) is 4. The molecular weight excluding hydrogens is 1030 g/mol. The maximum Gasteiger partial charge on any atom is 0.407 e. The summed E-state index contributed by atoms with van der Waals surface area (Å²) in [5.74, 6) is -0.640. The third-order valence-electron chi connectivity index (χ3n) is 12.0. The number of nitrogens with zero attached hydrogens (tertiary/aromatic N) is 1. The molecule has 0 saturated carbocycles. The van der Waals surface area contributed by atoms with Crippen molar-refractivity contribution in [1.82, 2.24) is 26.6 Å². The second-order valence-corrected chi connectivity index (χ2v) is 20.2. The van der Waals surface area contributed by atoms with E-state index in [-0.39, 0.29) is 86.1 Å². The van der Waals surface area contributed by atoms with Gasteiger partial charge >= 0.3 is 12.1 Å². The Bertz CT molecular complexity index is 2680. The maximum absolute atomic E-state index is 14.5. The average Bonchev–Trinajstić information content (AvgIpc) is 3.37. The molecule has 0 unspecified atom stereocenters. The highest BCUT2D eigenvalue weighted by Gasteiger charge is 2.31. The summed E-state index contributed by atoms with van der Waals surface area (Å²) in [6.07, 6.45) is 2.06. The van der Waals surface area contributed by atoms with Crippen LogP contribution in [0.4, 0.5) is 4.79 Å². The van der Waals surface area contributed by atoms with Gasteiger partial charge in [0.2, 0.25) is 11.8 Å². The Labute approximate surface area is 477 Å². The minimum atomic E-state index is -1.14. The van der Waals surface area contributed by atoms with Gasteiger partial charge < -0.3 is 51.3 Å². The van der Waals surface area contributed by atoms with Crippen LogP contribution in [0.2, 0.25) is 0 Å². The van der Waals surface area contributed by atoms with Crippen LogP contribution in [0.3, 0.4) is 0 Å². The van der Waals surface area contributed by atoms with E-state index < -0.39 is 60.1 Å². The molecule has 0 aliphatic carbocycles. The summed E-state index contributed by atoms with van der Waals surface area (Å²) >= 11 is 0. The molecule has 18 heteroatoms. The molecule has 0 spiro atoms. The van der Waals surface area contributed by atoms with Gasteiger partial charge in [-0.2, -0.15) is 27.0 Å². The van der Waals surface area contributed by atoms with Crippen molar-refractivity contribution in [2.24, 2.45) is 22.6 Å². The average molecular weight is 1120 g/mol. The molecule has 16 nitrogen and oxygen atoms in total. The summed E-state index contributed by atoms with van der Waals surface area (Å²) < 4.78 is 24.0. The molecule has 430 valence electrons. The van der Waals surface area contributed by atoms with Crippen molar-refractivity contribution in [3.63, 3.8) is 0 Å². The quantitative estimate of drug-likeness (QED) is 0.0126. The van der Waals surface area contributed by atoms with Crippen LogP contribution in [0.5, 0.6) is 11.5 Å². The number of hydrogen-bond acceptors (Lipinski definition) is 10. The van der Waals surface area contributed by atoms with Crippen molar-refractivity contribution in [3.8, 4) is 22.6 Å². The predicted molar refractivity (Wildman–Crippen MR) is 326 cm³/mol. The molecule has 4 amide bonds. The third kappa shape index (κ3) is 22.7. The zero-order valence-corrected chi connectivity index (χ0v) is 47.4. The van der Waals surface area contributed by atoms with Crippen molar-refractivity contribution in [3.05, 3.63) is 109 Å². The minimum Gasteiger partial charge on any atom is -0.493 e. The standard InChI is InChI=1S/C58H77N7O9.2CH4.2H2S/c1-38(2)31-34-71-48-29-27-41-21-12-14-23-43(41)51(48)52-44-24-15-13-22-42(44)28-30-49(52)72-37-50(66)63-45(25-16-17-32-62-57(70)74-58(5,6)7)53(67)64-46(26-18-33-61-56(59)60-8)54(68)65-47(35-39(3)4)55(69)73-36-40-19-10-9-11-20-40;;;;/h9-15,19-24,27-30,38-39,45-47H,16-18,25-26,31-37H2,1-8H3,(H,62,70)(H,63,66)(H,64,67)(H,65,68)(H3,59,60,61);2*1H4;2*1H2/t45-,46-,47+;;;;/m1..../s1. The zero-order valence-electron chi connectivity index (χ0n) is 45.4. The molecule has 78 heavy (non-hydrogen) atoms. The van der Waals surface area contributed by atoms with Crippen LogP contribution in [0.25, 0.3) is 32.7 Å². The first kappa shape index (κ1) is 69.4. The molecule has 7 N–H and O–H groups in total. The van der Waals surface area contributed by atoms with Crippen LogP contribution >= 0.6 is 27.0 Å². The van der Waals surface area contributed by atoms with Crippen molar-refractivity contribution in [2.45, 2.75) is 139 Å². The van der Waals surface area contributed by atoms with E-state index in [0.717, 1.165) is 44.7 Å². The van der Waals surface area contributed by atoms with E-state index in [1.807, 2.05) is 117 Å². The lowest BCUT2D eigenvalue weighted by Crippen LogP contribution is -2.56. The summed E-state index contributed by atoms with van der Waals surface area (Å²) in [5, 5.41) is 18.2. The number of guanidine groups is 1. The second-order valence-electron chi connectivity index (χ2n) is 20.2. The van der Waals surface area contributed by atoms with Crippen LogP contribution in [0.15, 0.2) is 108 Å². The number of alkyl carbamates (subject to hydrolysis) is 1. The Morgan fingerprint density at radius 2 is 1.13 bits per heavy atom. The van der Waals surface area contributed by atoms with Gasteiger partial charge in [-0.25, -0.2) is 9.59 Å². The fraction of sp³-hybridized carbons (Fsp3) is 0.467. The number of fused-ring (bicyclic) bond motifs is 2. The molecule has 5 aromatic carbocycles. The zero-order chi connectivity index (χ0) is 53.6. The SMILES string of the molecule is C.C.CN=C(N)NCCC[C@@H](NC(=O)[C@@H](CCCCNC(=O)OC(C)(C)C)NC(=O)COc1ccc2ccccc2c1-c1c(OCCC(C)C)ccc2ccccc12)C(=O)N[C@@H](CC(C)C)C(=O)OCc1ccccc1.S.S. The molecule has 3 atom stereocenters. The number of esters is 1. The number of nitrogens with two attached hydrogens (primary N) is 1. The number of hydrogen-bond donors (Lipinski definition) is 6. The van der Waals surface area contributed by atoms with Gasteiger partial charge in [0.15, 0.2) is 12.6 Å². The Morgan fingerprint density at radius 3 is 1.69 bits per heavy atom. The lowest BCUT2D eigenvalue weighted by molar-refractivity contribution is -0.150. The van der Waals surface area contributed by atoms with Gasteiger partial charge in [-0.15, -0.1) is 0 Å². The fourth-order valence-electron chi connectivity index (χ4n) is 8.22. The minimum absolute atomic E-state index is 0. The molecule has 0 aliphatic rings. The fourth-order valence-corrected chi connectivity index (χ4v) is 8.22. The molecule has 0 fully saturated rings. The van der Waals surface area contributed by atoms with Gasteiger partial charge in [0.1, 0.15) is 41.8 Å². The Morgan fingerprint density at radius 1 is 0.603 bits per heavy atom. The number of benzene rings is 5. The number of nitrogens with one attached hydrogen (secondary N) is 5. The van der Waals surface area contributed by atoms with E-state index in [1.54, 1.807) is 27.8 Å². The summed E-state index contributed by atoms with van der Waals surface area (Å²) in [6, 6.07) is 29.8. The molecular formula is C60H89N7O9S2. The van der Waals surface area contributed by atoms with Crippen LogP contribution < -0.4 is 41.8 Å². The molecule has 5 aromatic rings. The van der Waals surface area contributed by atoms with Crippen LogP contribution in [-0.2, 0) is 35.3 Å². The number of amides is 4. The van der Waals surface area contributed by atoms with E-state index >= 15 is 0 Å². The number of aliphatic imine (C=N–C) groups is 1. The number of rotatable bonds is 27. The summed E-state index contributed by atoms with van der Waals surface area (Å²) in [6.45, 7) is 14.1. The van der Waals surface area contributed by atoms with Crippen molar-refractivity contribution < 1.29 is 42.9 Å². The van der Waals surface area contributed by atoms with Gasteiger partial charge in [-0.3, -0.25) is 19.4 Å². The molecule has 0 bridgehead atoms.